The Morgan fingerprint density at radius 1 is 1.29 bits per heavy atom. The number of carbonyl (C=O) groups excluding carboxylic acids is 1. The Labute approximate surface area is 196 Å². The fourth-order valence-corrected chi connectivity index (χ4v) is 4.02. The van der Waals surface area contributed by atoms with Gasteiger partial charge in [-0.3, -0.25) is 4.79 Å². The molecule has 11 nitrogen and oxygen atoms in total. The van der Waals surface area contributed by atoms with E-state index in [2.05, 4.69) is 37.5 Å². The molecule has 11 heteroatoms. The van der Waals surface area contributed by atoms with E-state index in [0.717, 1.165) is 29.9 Å². The van der Waals surface area contributed by atoms with Crippen LogP contribution in [0.2, 0.25) is 0 Å². The zero-order chi connectivity index (χ0) is 23.5. The maximum atomic E-state index is 11.6. The summed E-state index contributed by atoms with van der Waals surface area (Å²) in [5.74, 6) is 1.87. The summed E-state index contributed by atoms with van der Waals surface area (Å²) < 4.78 is 19.0. The van der Waals surface area contributed by atoms with Gasteiger partial charge in [-0.2, -0.15) is 0 Å². The number of methoxy groups -OCH3 is 1. The molecule has 0 bridgehead atoms. The maximum Gasteiger partial charge on any atom is 0.234 e. The van der Waals surface area contributed by atoms with Crippen LogP contribution in [0.5, 0.6) is 5.88 Å². The van der Waals surface area contributed by atoms with Crippen molar-refractivity contribution in [2.45, 2.75) is 13.0 Å². The average molecular weight is 466 g/mol. The van der Waals surface area contributed by atoms with E-state index in [1.54, 1.807) is 30.1 Å². The fourth-order valence-electron chi connectivity index (χ4n) is 4.02. The second-order valence-corrected chi connectivity index (χ2v) is 8.02. The van der Waals surface area contributed by atoms with E-state index in [9.17, 15) is 4.79 Å². The molecule has 0 saturated carbocycles. The van der Waals surface area contributed by atoms with Crippen molar-refractivity contribution in [1.29, 1.82) is 0 Å². The Balaban J connectivity index is 1.43. The third-order valence-electron chi connectivity index (χ3n) is 5.74. The number of amides is 1. The number of ether oxygens (including phenoxy) is 2. The first-order valence-corrected chi connectivity index (χ1v) is 11.3. The molecule has 1 saturated heterocycles. The molecule has 0 unspecified atom stereocenters. The number of hydrogen-bond donors (Lipinski definition) is 2. The van der Waals surface area contributed by atoms with Crippen molar-refractivity contribution < 1.29 is 18.7 Å². The lowest BCUT2D eigenvalue weighted by atomic mass is 10.2. The number of imidazole rings is 1. The van der Waals surface area contributed by atoms with Crippen molar-refractivity contribution in [1.82, 2.24) is 30.2 Å². The van der Waals surface area contributed by atoms with E-state index in [1.807, 2.05) is 18.2 Å². The van der Waals surface area contributed by atoms with Gasteiger partial charge in [0.1, 0.15) is 23.7 Å². The molecular weight excluding hydrogens is 438 g/mol. The number of likely N-dealkylation sites (N-methyl/N-ethyl adjacent to an activating group) is 1. The molecule has 34 heavy (non-hydrogen) atoms. The predicted molar refractivity (Wildman–Crippen MR) is 126 cm³/mol. The number of aromatic nitrogens is 4. The third kappa shape index (κ3) is 4.39. The Bertz CT molecular complexity index is 1300. The van der Waals surface area contributed by atoms with Crippen LogP contribution in [0.4, 0.5) is 5.82 Å². The molecule has 1 atom stereocenters. The molecule has 1 amide bonds. The van der Waals surface area contributed by atoms with Gasteiger partial charge in [0.05, 0.1) is 30.8 Å². The van der Waals surface area contributed by atoms with Crippen LogP contribution in [0, 0.1) is 0 Å². The molecule has 0 spiro atoms. The zero-order valence-corrected chi connectivity index (χ0v) is 19.2. The zero-order valence-electron chi connectivity index (χ0n) is 19.2. The van der Waals surface area contributed by atoms with Gasteiger partial charge in [-0.25, -0.2) is 14.5 Å². The lowest BCUT2D eigenvalue weighted by Gasteiger charge is -2.23. The molecule has 0 aromatic carbocycles. The van der Waals surface area contributed by atoms with Gasteiger partial charge in [0.25, 0.3) is 0 Å². The predicted octanol–water partition coefficient (Wildman–Crippen LogP) is 1.48. The number of rotatable bonds is 9. The van der Waals surface area contributed by atoms with Crippen LogP contribution in [0.3, 0.4) is 0 Å². The summed E-state index contributed by atoms with van der Waals surface area (Å²) in [5.41, 5.74) is 2.11. The highest BCUT2D eigenvalue weighted by Gasteiger charge is 2.20. The lowest BCUT2D eigenvalue weighted by molar-refractivity contribution is -0.122. The molecule has 5 rings (SSSR count). The number of furan rings is 1. The van der Waals surface area contributed by atoms with Gasteiger partial charge in [-0.1, -0.05) is 0 Å². The normalized spacial score (nSPS) is 16.2. The van der Waals surface area contributed by atoms with Crippen LogP contribution >= 0.6 is 0 Å². The van der Waals surface area contributed by atoms with Gasteiger partial charge in [0.15, 0.2) is 11.4 Å². The van der Waals surface area contributed by atoms with Gasteiger partial charge >= 0.3 is 0 Å². The highest BCUT2D eigenvalue weighted by molar-refractivity contribution is 5.91. The number of nitrogens with one attached hydrogen (secondary N) is 2. The fraction of sp³-hybridized carbons (Fsp3) is 0.391. The van der Waals surface area contributed by atoms with E-state index >= 15 is 0 Å². The molecule has 2 N–H and O–H groups in total. The summed E-state index contributed by atoms with van der Waals surface area (Å²) in [6, 6.07) is 7.31. The van der Waals surface area contributed by atoms with Gasteiger partial charge < -0.3 is 29.4 Å². The molecule has 1 aliphatic rings. The highest BCUT2D eigenvalue weighted by Crippen LogP contribution is 2.33. The minimum absolute atomic E-state index is 0.0391. The summed E-state index contributed by atoms with van der Waals surface area (Å²) in [6.07, 6.45) is 3.47. The van der Waals surface area contributed by atoms with E-state index < -0.39 is 0 Å². The second kappa shape index (κ2) is 9.65. The molecule has 4 aromatic rings. The number of anilines is 1. The quantitative estimate of drug-likeness (QED) is 0.379. The Morgan fingerprint density at radius 2 is 2.21 bits per heavy atom. The molecule has 0 radical (unpaired) electrons. The van der Waals surface area contributed by atoms with Crippen LogP contribution in [-0.2, 0) is 9.53 Å². The van der Waals surface area contributed by atoms with Crippen LogP contribution < -0.4 is 20.3 Å². The first-order valence-electron chi connectivity index (χ1n) is 11.3. The number of piperazine rings is 1. The van der Waals surface area contributed by atoms with Crippen LogP contribution in [-0.4, -0.2) is 78.0 Å². The Hall–Kier alpha value is -3.70. The lowest BCUT2D eigenvalue weighted by Crippen LogP contribution is -2.54. The number of hydrogen-bond acceptors (Lipinski definition) is 9. The summed E-state index contributed by atoms with van der Waals surface area (Å²) in [7, 11) is 1.69. The molecule has 0 aliphatic carbocycles. The number of pyridine rings is 1. The Kier molecular flexibility index (Phi) is 6.28. The average Bonchev–Trinajstić information content (AvgIpc) is 3.47. The van der Waals surface area contributed by atoms with Gasteiger partial charge in [-0.05, 0) is 25.1 Å². The Morgan fingerprint density at radius 3 is 3.03 bits per heavy atom. The van der Waals surface area contributed by atoms with Crippen molar-refractivity contribution in [2.24, 2.45) is 0 Å². The monoisotopic (exact) mass is 465 g/mol. The molecule has 5 heterocycles. The first kappa shape index (κ1) is 22.1. The second-order valence-electron chi connectivity index (χ2n) is 8.02. The smallest absolute Gasteiger partial charge is 0.234 e. The van der Waals surface area contributed by atoms with E-state index in [-0.39, 0.29) is 11.9 Å². The van der Waals surface area contributed by atoms with Gasteiger partial charge in [0, 0.05) is 39.0 Å². The maximum absolute atomic E-state index is 11.6. The van der Waals surface area contributed by atoms with Crippen molar-refractivity contribution >= 4 is 28.3 Å². The molecule has 1 fully saturated rings. The highest BCUT2D eigenvalue weighted by atomic mass is 16.5. The van der Waals surface area contributed by atoms with Crippen molar-refractivity contribution in [3.8, 4) is 17.3 Å². The standard InChI is InChI=1S/C23H27N7O4/c1-3-29(8-9-32-2)23-16-10-19(34-18(16)6-7-25-23)17-12-26-20-4-5-22(28-30(17)20)33-14-15-11-24-13-21(31)27-15/h4-7,10,12,15,24H,3,8-9,11,13-14H2,1-2H3,(H,27,31)/t15-/m0/s1. The number of carbonyl (C=O) groups is 1. The minimum Gasteiger partial charge on any atom is -0.474 e. The third-order valence-corrected chi connectivity index (χ3v) is 5.74. The molecule has 4 aromatic heterocycles. The van der Waals surface area contributed by atoms with E-state index in [0.29, 0.717) is 49.3 Å². The van der Waals surface area contributed by atoms with Crippen molar-refractivity contribution in [3.63, 3.8) is 0 Å². The van der Waals surface area contributed by atoms with Gasteiger partial charge in [-0.15, -0.1) is 5.10 Å². The molecular formula is C23H27N7O4. The first-order chi connectivity index (χ1) is 16.7. The van der Waals surface area contributed by atoms with E-state index in [4.69, 9.17) is 13.9 Å². The summed E-state index contributed by atoms with van der Waals surface area (Å²) >= 11 is 0. The SMILES string of the molecule is CCN(CCOC)c1nccc2oc(-c3cnc4ccc(OC[C@@H]5CNCC(=O)N5)nn34)cc12. The van der Waals surface area contributed by atoms with E-state index in [1.165, 1.54) is 0 Å². The van der Waals surface area contributed by atoms with Crippen LogP contribution in [0.1, 0.15) is 6.92 Å². The van der Waals surface area contributed by atoms with Gasteiger partial charge in [0.2, 0.25) is 11.8 Å². The summed E-state index contributed by atoms with van der Waals surface area (Å²) in [5, 5.41) is 11.5. The van der Waals surface area contributed by atoms with Crippen molar-refractivity contribution in [2.75, 3.05) is 51.4 Å². The topological polar surface area (TPSA) is 119 Å². The largest absolute Gasteiger partial charge is 0.474 e. The molecule has 1 aliphatic heterocycles. The number of fused-ring (bicyclic) bond motifs is 2. The van der Waals surface area contributed by atoms with Crippen molar-refractivity contribution in [3.05, 3.63) is 36.7 Å². The molecule has 178 valence electrons. The minimum atomic E-state index is -0.109. The summed E-state index contributed by atoms with van der Waals surface area (Å²) in [4.78, 5) is 22.8. The van der Waals surface area contributed by atoms with Crippen LogP contribution in [0.25, 0.3) is 28.1 Å². The number of nitrogens with zero attached hydrogens (tertiary/aromatic N) is 5. The summed E-state index contributed by atoms with van der Waals surface area (Å²) in [6.45, 7) is 5.52. The van der Waals surface area contributed by atoms with Crippen LogP contribution in [0.15, 0.2) is 41.1 Å².